The molecular formula is C29H33N3S. The zero-order valence-corrected chi connectivity index (χ0v) is 20.8. The smallest absolute Gasteiger partial charge is 0.164 e. The predicted octanol–water partition coefficient (Wildman–Crippen LogP) is 7.35. The van der Waals surface area contributed by atoms with E-state index in [1.54, 1.807) is 0 Å². The Labute approximate surface area is 202 Å². The molecule has 0 bridgehead atoms. The van der Waals surface area contributed by atoms with Crippen LogP contribution in [0.15, 0.2) is 97.3 Å². The molecule has 1 aromatic heterocycles. The predicted molar refractivity (Wildman–Crippen MR) is 140 cm³/mol. The molecule has 3 aromatic carbocycles. The highest BCUT2D eigenvalue weighted by atomic mass is 32.2. The minimum Gasteiger partial charge on any atom is -0.233 e. The first-order valence-corrected chi connectivity index (χ1v) is 13.0. The van der Waals surface area contributed by atoms with E-state index < -0.39 is 5.54 Å². The molecule has 0 spiro atoms. The van der Waals surface area contributed by atoms with Gasteiger partial charge in [-0.15, -0.1) is 0 Å². The average Bonchev–Trinajstić information content (AvgIpc) is 3.36. The SMILES string of the molecule is CCC(C)(CC)C(SC)c1ncn(C(c2ccccc2)(c2ccccc2)c2ccccc2)n1. The number of benzene rings is 3. The van der Waals surface area contributed by atoms with Crippen LogP contribution in [-0.2, 0) is 5.54 Å². The number of nitrogens with zero attached hydrogens (tertiary/aromatic N) is 3. The highest BCUT2D eigenvalue weighted by Gasteiger charge is 2.41. The maximum atomic E-state index is 5.23. The first-order chi connectivity index (χ1) is 16.1. The van der Waals surface area contributed by atoms with Gasteiger partial charge in [-0.25, -0.2) is 9.67 Å². The molecule has 0 amide bonds. The molecule has 4 aromatic rings. The van der Waals surface area contributed by atoms with Gasteiger partial charge in [0.25, 0.3) is 0 Å². The number of hydrogen-bond acceptors (Lipinski definition) is 3. The van der Waals surface area contributed by atoms with Crippen LogP contribution >= 0.6 is 11.8 Å². The summed E-state index contributed by atoms with van der Waals surface area (Å²) in [7, 11) is 0. The van der Waals surface area contributed by atoms with Gasteiger partial charge < -0.3 is 0 Å². The zero-order chi connectivity index (χ0) is 23.3. The third-order valence-electron chi connectivity index (χ3n) is 7.15. The van der Waals surface area contributed by atoms with Gasteiger partial charge in [0.15, 0.2) is 5.82 Å². The Morgan fingerprint density at radius 2 is 1.18 bits per heavy atom. The Kier molecular flexibility index (Phi) is 7.04. The van der Waals surface area contributed by atoms with E-state index >= 15 is 0 Å². The van der Waals surface area contributed by atoms with E-state index in [0.29, 0.717) is 0 Å². The van der Waals surface area contributed by atoms with Crippen LogP contribution in [0.4, 0.5) is 0 Å². The summed E-state index contributed by atoms with van der Waals surface area (Å²) < 4.78 is 2.08. The van der Waals surface area contributed by atoms with E-state index in [1.807, 2.05) is 18.1 Å². The third-order valence-corrected chi connectivity index (χ3v) is 8.40. The topological polar surface area (TPSA) is 30.7 Å². The van der Waals surface area contributed by atoms with Crippen LogP contribution in [0, 0.1) is 5.41 Å². The van der Waals surface area contributed by atoms with Crippen molar-refractivity contribution in [2.24, 2.45) is 5.41 Å². The largest absolute Gasteiger partial charge is 0.233 e. The van der Waals surface area contributed by atoms with Crippen molar-refractivity contribution in [1.82, 2.24) is 14.8 Å². The number of thioether (sulfide) groups is 1. The lowest BCUT2D eigenvalue weighted by atomic mass is 9.77. The summed E-state index contributed by atoms with van der Waals surface area (Å²) in [4.78, 5) is 4.92. The Bertz CT molecular complexity index is 1040. The van der Waals surface area contributed by atoms with Crippen LogP contribution in [0.25, 0.3) is 0 Å². The van der Waals surface area contributed by atoms with Gasteiger partial charge in [0.05, 0.1) is 5.25 Å². The molecule has 1 atom stereocenters. The van der Waals surface area contributed by atoms with Crippen LogP contribution in [0.1, 0.15) is 61.4 Å². The molecule has 0 saturated carbocycles. The van der Waals surface area contributed by atoms with E-state index in [1.165, 1.54) is 0 Å². The van der Waals surface area contributed by atoms with Crippen molar-refractivity contribution in [2.45, 2.75) is 44.4 Å². The van der Waals surface area contributed by atoms with Crippen molar-refractivity contribution in [1.29, 1.82) is 0 Å². The summed E-state index contributed by atoms with van der Waals surface area (Å²) in [5.41, 5.74) is 3.00. The normalized spacial score (nSPS) is 13.1. The fraction of sp³-hybridized carbons (Fsp3) is 0.310. The van der Waals surface area contributed by atoms with Crippen molar-refractivity contribution in [3.63, 3.8) is 0 Å². The van der Waals surface area contributed by atoms with E-state index in [2.05, 4.69) is 123 Å². The Morgan fingerprint density at radius 3 is 1.55 bits per heavy atom. The van der Waals surface area contributed by atoms with Gasteiger partial charge in [0.2, 0.25) is 0 Å². The summed E-state index contributed by atoms with van der Waals surface area (Å²) >= 11 is 1.85. The fourth-order valence-electron chi connectivity index (χ4n) is 4.81. The summed E-state index contributed by atoms with van der Waals surface area (Å²) in [6.45, 7) is 6.89. The van der Waals surface area contributed by atoms with Crippen molar-refractivity contribution >= 4 is 11.8 Å². The van der Waals surface area contributed by atoms with Crippen LogP contribution in [0.3, 0.4) is 0 Å². The lowest BCUT2D eigenvalue weighted by Crippen LogP contribution is -2.38. The molecule has 0 aliphatic rings. The van der Waals surface area contributed by atoms with Crippen LogP contribution in [0.5, 0.6) is 0 Å². The van der Waals surface area contributed by atoms with Crippen molar-refractivity contribution in [3.8, 4) is 0 Å². The van der Waals surface area contributed by atoms with Gasteiger partial charge in [0.1, 0.15) is 11.9 Å². The quantitative estimate of drug-likeness (QED) is 0.247. The van der Waals surface area contributed by atoms with Gasteiger partial charge in [-0.2, -0.15) is 16.9 Å². The minimum absolute atomic E-state index is 0.139. The second-order valence-electron chi connectivity index (χ2n) is 8.83. The molecule has 170 valence electrons. The lowest BCUT2D eigenvalue weighted by Gasteiger charge is -2.36. The molecule has 0 fully saturated rings. The zero-order valence-electron chi connectivity index (χ0n) is 20.0. The summed E-state index contributed by atoms with van der Waals surface area (Å²) in [5, 5.41) is 5.46. The monoisotopic (exact) mass is 455 g/mol. The van der Waals surface area contributed by atoms with E-state index in [0.717, 1.165) is 35.4 Å². The molecule has 1 unspecified atom stereocenters. The Balaban J connectivity index is 2.00. The molecule has 0 N–H and O–H groups in total. The summed E-state index contributed by atoms with van der Waals surface area (Å²) in [5.74, 6) is 0.904. The third kappa shape index (κ3) is 4.13. The van der Waals surface area contributed by atoms with Gasteiger partial charge in [-0.3, -0.25) is 0 Å². The number of hydrogen-bond donors (Lipinski definition) is 0. The summed E-state index contributed by atoms with van der Waals surface area (Å²) in [6, 6.07) is 31.9. The molecule has 0 aliphatic heterocycles. The van der Waals surface area contributed by atoms with Crippen molar-refractivity contribution in [2.75, 3.05) is 6.26 Å². The van der Waals surface area contributed by atoms with Gasteiger partial charge in [0, 0.05) is 0 Å². The molecule has 4 heteroatoms. The fourth-order valence-corrected chi connectivity index (χ4v) is 6.04. The maximum Gasteiger partial charge on any atom is 0.164 e. The molecule has 0 radical (unpaired) electrons. The second-order valence-corrected chi connectivity index (χ2v) is 9.78. The molecule has 33 heavy (non-hydrogen) atoms. The van der Waals surface area contributed by atoms with Crippen LogP contribution in [-0.4, -0.2) is 21.0 Å². The molecule has 3 nitrogen and oxygen atoms in total. The Hall–Kier alpha value is -2.85. The Morgan fingerprint density at radius 1 is 0.758 bits per heavy atom. The number of aromatic nitrogens is 3. The number of rotatable bonds is 9. The minimum atomic E-state index is -0.618. The highest BCUT2D eigenvalue weighted by molar-refractivity contribution is 7.98. The van der Waals surface area contributed by atoms with Crippen molar-refractivity contribution < 1.29 is 0 Å². The molecular weight excluding hydrogens is 422 g/mol. The highest BCUT2D eigenvalue weighted by Crippen LogP contribution is 2.47. The van der Waals surface area contributed by atoms with E-state index in [4.69, 9.17) is 10.1 Å². The molecule has 0 saturated heterocycles. The average molecular weight is 456 g/mol. The van der Waals surface area contributed by atoms with Crippen LogP contribution in [0.2, 0.25) is 0 Å². The molecule has 1 heterocycles. The molecule has 0 aliphatic carbocycles. The second kappa shape index (κ2) is 9.96. The van der Waals surface area contributed by atoms with Crippen molar-refractivity contribution in [3.05, 3.63) is 120 Å². The summed E-state index contributed by atoms with van der Waals surface area (Å²) in [6.07, 6.45) is 6.28. The lowest BCUT2D eigenvalue weighted by molar-refractivity contribution is 0.281. The first kappa shape index (κ1) is 23.3. The van der Waals surface area contributed by atoms with Gasteiger partial charge >= 0.3 is 0 Å². The standard InChI is InChI=1S/C29H33N3S/c1-5-28(3,6-2)26(33-4)27-30-22-32(31-27)29(23-16-10-7-11-17-23,24-18-12-8-13-19-24)25-20-14-9-15-21-25/h7-22,26H,5-6H2,1-4H3. The van der Waals surface area contributed by atoms with E-state index in [-0.39, 0.29) is 10.7 Å². The first-order valence-electron chi connectivity index (χ1n) is 11.7. The van der Waals surface area contributed by atoms with Gasteiger partial charge in [-0.1, -0.05) is 112 Å². The van der Waals surface area contributed by atoms with E-state index in [9.17, 15) is 0 Å². The van der Waals surface area contributed by atoms with Gasteiger partial charge in [-0.05, 0) is 41.2 Å². The molecule has 4 rings (SSSR count). The maximum absolute atomic E-state index is 5.23. The van der Waals surface area contributed by atoms with Crippen LogP contribution < -0.4 is 0 Å².